The molecule has 0 aliphatic carbocycles. The Morgan fingerprint density at radius 2 is 2.04 bits per heavy atom. The topological polar surface area (TPSA) is 121 Å². The van der Waals surface area contributed by atoms with Gasteiger partial charge in [0.2, 0.25) is 17.0 Å². The summed E-state index contributed by atoms with van der Waals surface area (Å²) < 4.78 is 20.1. The number of nitrogen functional groups attached to an aromatic ring is 1. The second-order valence-corrected chi connectivity index (χ2v) is 6.62. The van der Waals surface area contributed by atoms with E-state index in [1.807, 2.05) is 0 Å². The summed E-state index contributed by atoms with van der Waals surface area (Å²) >= 11 is 1.11. The van der Waals surface area contributed by atoms with Crippen LogP contribution in [0.2, 0.25) is 0 Å². The van der Waals surface area contributed by atoms with Crippen LogP contribution in [0.15, 0.2) is 47.9 Å². The third kappa shape index (κ3) is 4.70. The first-order valence-electron chi connectivity index (χ1n) is 7.86. The normalized spacial score (nSPS) is 11.8. The zero-order valence-corrected chi connectivity index (χ0v) is 15.1. The molecule has 27 heavy (non-hydrogen) atoms. The van der Waals surface area contributed by atoms with E-state index in [2.05, 4.69) is 25.5 Å². The highest BCUT2D eigenvalue weighted by atomic mass is 32.2. The number of carbonyl (C=O) groups is 1. The molecule has 3 N–H and O–H groups in total. The first-order chi connectivity index (χ1) is 13.0. The molecule has 0 aliphatic heterocycles. The number of anilines is 1. The molecule has 2 heterocycles. The zero-order chi connectivity index (χ0) is 19.2. The van der Waals surface area contributed by atoms with Crippen LogP contribution in [-0.4, -0.2) is 36.0 Å². The van der Waals surface area contributed by atoms with Gasteiger partial charge in [-0.05, 0) is 25.1 Å². The Kier molecular flexibility index (Phi) is 5.81. The molecule has 0 radical (unpaired) electrons. The lowest BCUT2D eigenvalue weighted by Gasteiger charge is -2.10. The minimum Gasteiger partial charge on any atom is -0.482 e. The minimum atomic E-state index is -0.527. The van der Waals surface area contributed by atoms with E-state index in [9.17, 15) is 9.18 Å². The number of hydrogen-bond acceptors (Lipinski definition) is 8. The van der Waals surface area contributed by atoms with Crippen LogP contribution in [0.25, 0.3) is 0 Å². The number of hydrogen-bond donors (Lipinski definition) is 2. The van der Waals surface area contributed by atoms with Crippen LogP contribution in [0, 0.1) is 5.82 Å². The van der Waals surface area contributed by atoms with E-state index >= 15 is 0 Å². The van der Waals surface area contributed by atoms with Gasteiger partial charge in [-0.2, -0.15) is 0 Å². The predicted molar refractivity (Wildman–Crippen MR) is 96.9 cm³/mol. The van der Waals surface area contributed by atoms with Crippen LogP contribution < -0.4 is 15.9 Å². The van der Waals surface area contributed by atoms with Crippen molar-refractivity contribution in [2.75, 3.05) is 11.2 Å². The zero-order valence-electron chi connectivity index (χ0n) is 14.2. The van der Waals surface area contributed by atoms with Crippen molar-refractivity contribution in [3.63, 3.8) is 0 Å². The highest BCUT2D eigenvalue weighted by Crippen LogP contribution is 2.22. The van der Waals surface area contributed by atoms with Gasteiger partial charge in [0.1, 0.15) is 6.61 Å². The third-order valence-electron chi connectivity index (χ3n) is 3.38. The number of amides is 1. The van der Waals surface area contributed by atoms with Gasteiger partial charge >= 0.3 is 0 Å². The fraction of sp³-hybridized carbons (Fsp3) is 0.188. The van der Waals surface area contributed by atoms with Crippen molar-refractivity contribution in [2.45, 2.75) is 23.9 Å². The molecule has 11 heteroatoms. The number of benzene rings is 1. The summed E-state index contributed by atoms with van der Waals surface area (Å²) in [6.45, 7) is 1.62. The number of nitrogens with two attached hydrogens (primary N) is 1. The first-order valence-corrected chi connectivity index (χ1v) is 8.74. The molecular weight excluding hydrogens is 373 g/mol. The molecule has 3 rings (SSSR count). The summed E-state index contributed by atoms with van der Waals surface area (Å²) in [5, 5.41) is 10.3. The number of thioether (sulfide) groups is 1. The molecule has 0 saturated heterocycles. The average Bonchev–Trinajstić information content (AvgIpc) is 3.01. The molecule has 0 unspecified atom stereocenters. The number of carbonyl (C=O) groups excluding carboxylic acids is 1. The van der Waals surface area contributed by atoms with Gasteiger partial charge in [0.05, 0.1) is 5.25 Å². The fourth-order valence-corrected chi connectivity index (χ4v) is 2.77. The molecule has 0 bridgehead atoms. The molecule has 140 valence electrons. The molecule has 2 aromatic heterocycles. The van der Waals surface area contributed by atoms with Gasteiger partial charge in [-0.25, -0.2) is 19.0 Å². The van der Waals surface area contributed by atoms with Crippen molar-refractivity contribution >= 4 is 23.6 Å². The summed E-state index contributed by atoms with van der Waals surface area (Å²) in [4.78, 5) is 20.1. The lowest BCUT2D eigenvalue weighted by molar-refractivity contribution is -0.115. The molecule has 3 aromatic rings. The van der Waals surface area contributed by atoms with Crippen molar-refractivity contribution < 1.29 is 13.9 Å². The van der Waals surface area contributed by atoms with E-state index in [0.717, 1.165) is 11.8 Å². The average molecular weight is 389 g/mol. The summed E-state index contributed by atoms with van der Waals surface area (Å²) in [7, 11) is 0. The van der Waals surface area contributed by atoms with Crippen LogP contribution in [0.3, 0.4) is 0 Å². The molecule has 1 amide bonds. The second kappa shape index (κ2) is 8.45. The Morgan fingerprint density at radius 3 is 2.78 bits per heavy atom. The van der Waals surface area contributed by atoms with E-state index < -0.39 is 11.1 Å². The third-order valence-corrected chi connectivity index (χ3v) is 4.44. The predicted octanol–water partition coefficient (Wildman–Crippen LogP) is 1.62. The number of aromatic nitrogens is 5. The summed E-state index contributed by atoms with van der Waals surface area (Å²) in [6.07, 6.45) is 3.05. The number of nitrogens with one attached hydrogen (secondary N) is 1. The SMILES string of the molecule is C[C@@H](Sc1nnc(COc2ccccc2F)n1N)C(=O)Nc1ncccn1. The van der Waals surface area contributed by atoms with Crippen LogP contribution >= 0.6 is 11.8 Å². The molecular formula is C16H16FN7O2S. The van der Waals surface area contributed by atoms with Crippen molar-refractivity contribution in [1.82, 2.24) is 24.8 Å². The Labute approximate surface area is 158 Å². The first kappa shape index (κ1) is 18.6. The molecule has 9 nitrogen and oxygen atoms in total. The van der Waals surface area contributed by atoms with Crippen LogP contribution in [-0.2, 0) is 11.4 Å². The van der Waals surface area contributed by atoms with Crippen LogP contribution in [0.5, 0.6) is 5.75 Å². The highest BCUT2D eigenvalue weighted by Gasteiger charge is 2.20. The van der Waals surface area contributed by atoms with Gasteiger partial charge in [0.15, 0.2) is 17.4 Å². The Balaban J connectivity index is 1.59. The van der Waals surface area contributed by atoms with Crippen molar-refractivity contribution in [3.8, 4) is 5.75 Å². The number of para-hydroxylation sites is 1. The van der Waals surface area contributed by atoms with E-state index in [-0.39, 0.29) is 24.2 Å². The van der Waals surface area contributed by atoms with E-state index in [1.54, 1.807) is 25.1 Å². The number of nitrogens with zero attached hydrogens (tertiary/aromatic N) is 5. The van der Waals surface area contributed by atoms with Crippen LogP contribution in [0.1, 0.15) is 12.7 Å². The number of ether oxygens (including phenoxy) is 1. The van der Waals surface area contributed by atoms with Gasteiger partial charge in [0, 0.05) is 12.4 Å². The summed E-state index contributed by atoms with van der Waals surface area (Å²) in [6, 6.07) is 7.66. The van der Waals surface area contributed by atoms with Gasteiger partial charge in [-0.1, -0.05) is 23.9 Å². The summed E-state index contributed by atoms with van der Waals surface area (Å²) in [5.74, 6) is 5.75. The van der Waals surface area contributed by atoms with Gasteiger partial charge in [-0.3, -0.25) is 10.1 Å². The van der Waals surface area contributed by atoms with Gasteiger partial charge in [0.25, 0.3) is 0 Å². The lowest BCUT2D eigenvalue weighted by Crippen LogP contribution is -2.25. The van der Waals surface area contributed by atoms with Crippen molar-refractivity contribution in [2.24, 2.45) is 0 Å². The fourth-order valence-electron chi connectivity index (χ4n) is 1.98. The Bertz CT molecular complexity index is 922. The van der Waals surface area contributed by atoms with E-state index in [4.69, 9.17) is 10.6 Å². The molecule has 0 spiro atoms. The van der Waals surface area contributed by atoms with Gasteiger partial charge < -0.3 is 10.6 Å². The van der Waals surface area contributed by atoms with E-state index in [1.165, 1.54) is 29.2 Å². The molecule has 0 aliphatic rings. The molecule has 1 aromatic carbocycles. The molecule has 0 fully saturated rings. The van der Waals surface area contributed by atoms with Crippen molar-refractivity contribution in [1.29, 1.82) is 0 Å². The minimum absolute atomic E-state index is 0.0660. The van der Waals surface area contributed by atoms with Gasteiger partial charge in [-0.15, -0.1) is 10.2 Å². The quantitative estimate of drug-likeness (QED) is 0.462. The largest absolute Gasteiger partial charge is 0.482 e. The highest BCUT2D eigenvalue weighted by molar-refractivity contribution is 8.00. The van der Waals surface area contributed by atoms with Crippen molar-refractivity contribution in [3.05, 3.63) is 54.4 Å². The second-order valence-electron chi connectivity index (χ2n) is 5.31. The monoisotopic (exact) mass is 389 g/mol. The number of rotatable bonds is 7. The standard InChI is InChI=1S/C16H16FN7O2S/c1-10(14(25)21-15-19-7-4-8-20-15)27-16-23-22-13(24(16)18)9-26-12-6-3-2-5-11(12)17/h2-8,10H,9,18H2,1H3,(H,19,20,21,25)/t10-/m1/s1. The maximum atomic E-state index is 13.6. The maximum Gasteiger partial charge on any atom is 0.240 e. The smallest absolute Gasteiger partial charge is 0.240 e. The lowest BCUT2D eigenvalue weighted by atomic mass is 10.3. The maximum absolute atomic E-state index is 13.6. The number of halogens is 1. The molecule has 1 atom stereocenters. The van der Waals surface area contributed by atoms with E-state index in [0.29, 0.717) is 11.0 Å². The molecule has 0 saturated carbocycles. The summed E-state index contributed by atoms with van der Waals surface area (Å²) in [5.41, 5.74) is 0. The van der Waals surface area contributed by atoms with Crippen LogP contribution in [0.4, 0.5) is 10.3 Å². The Hall–Kier alpha value is -3.21. The Morgan fingerprint density at radius 1 is 1.30 bits per heavy atom.